The fourth-order valence-electron chi connectivity index (χ4n) is 1.38. The Labute approximate surface area is 91.9 Å². The van der Waals surface area contributed by atoms with E-state index in [4.69, 9.17) is 10.5 Å². The van der Waals surface area contributed by atoms with Gasteiger partial charge in [-0.1, -0.05) is 12.1 Å². The average Bonchev–Trinajstić information content (AvgIpc) is 2.28. The van der Waals surface area contributed by atoms with Crippen LogP contribution in [0.2, 0.25) is 0 Å². The van der Waals surface area contributed by atoms with Crippen LogP contribution >= 0.6 is 0 Å². The van der Waals surface area contributed by atoms with Gasteiger partial charge in [-0.2, -0.15) is 0 Å². The standard InChI is InChI=1S/C11H11N3O2/c1-16-8-4-2-3-7(5-8)11-13-9(12)6-10(15)14-11/h2-6H,1H3,(H3,12,13,14,15). The molecule has 5 nitrogen and oxygen atoms in total. The van der Waals surface area contributed by atoms with Crippen molar-refractivity contribution >= 4 is 5.82 Å². The van der Waals surface area contributed by atoms with Crippen LogP contribution in [0, 0.1) is 0 Å². The molecule has 1 aromatic carbocycles. The van der Waals surface area contributed by atoms with Gasteiger partial charge in [0.05, 0.1) is 7.11 Å². The number of nitrogen functional groups attached to an aromatic ring is 1. The van der Waals surface area contributed by atoms with E-state index in [9.17, 15) is 4.79 Å². The third-order valence-electron chi connectivity index (χ3n) is 2.10. The number of ether oxygens (including phenoxy) is 1. The van der Waals surface area contributed by atoms with E-state index >= 15 is 0 Å². The lowest BCUT2D eigenvalue weighted by Crippen LogP contribution is -2.09. The molecule has 0 aliphatic heterocycles. The first-order chi connectivity index (χ1) is 7.69. The van der Waals surface area contributed by atoms with Gasteiger partial charge in [-0.25, -0.2) is 4.98 Å². The van der Waals surface area contributed by atoms with Crippen LogP contribution in [0.25, 0.3) is 11.4 Å². The minimum absolute atomic E-state index is 0.196. The summed E-state index contributed by atoms with van der Waals surface area (Å²) in [5, 5.41) is 0. The van der Waals surface area contributed by atoms with E-state index in [0.717, 1.165) is 5.56 Å². The zero-order valence-electron chi connectivity index (χ0n) is 8.73. The van der Waals surface area contributed by atoms with Crippen molar-refractivity contribution in [3.05, 3.63) is 40.7 Å². The SMILES string of the molecule is COc1cccc(-c2nc(N)cc(=O)[nH]2)c1. The molecule has 2 aromatic rings. The van der Waals surface area contributed by atoms with Crippen molar-refractivity contribution in [2.24, 2.45) is 0 Å². The van der Waals surface area contributed by atoms with Gasteiger partial charge >= 0.3 is 0 Å². The Kier molecular flexibility index (Phi) is 2.59. The van der Waals surface area contributed by atoms with Crippen molar-refractivity contribution in [3.8, 4) is 17.1 Å². The third-order valence-corrected chi connectivity index (χ3v) is 2.10. The number of hydrogen-bond donors (Lipinski definition) is 2. The van der Waals surface area contributed by atoms with Gasteiger partial charge in [-0.15, -0.1) is 0 Å². The van der Waals surface area contributed by atoms with E-state index < -0.39 is 0 Å². The van der Waals surface area contributed by atoms with E-state index in [1.165, 1.54) is 6.07 Å². The molecule has 3 N–H and O–H groups in total. The maximum atomic E-state index is 11.2. The molecule has 0 atom stereocenters. The summed E-state index contributed by atoms with van der Waals surface area (Å²) >= 11 is 0. The molecule has 0 saturated carbocycles. The second-order valence-corrected chi connectivity index (χ2v) is 3.25. The van der Waals surface area contributed by atoms with Crippen LogP contribution in [-0.2, 0) is 0 Å². The molecule has 16 heavy (non-hydrogen) atoms. The minimum atomic E-state index is -0.273. The minimum Gasteiger partial charge on any atom is -0.497 e. The van der Waals surface area contributed by atoms with Gasteiger partial charge < -0.3 is 15.5 Å². The summed E-state index contributed by atoms with van der Waals surface area (Å²) in [6, 6.07) is 8.47. The van der Waals surface area contributed by atoms with Gasteiger partial charge in [0, 0.05) is 11.6 Å². The number of nitrogens with one attached hydrogen (secondary N) is 1. The summed E-state index contributed by atoms with van der Waals surface area (Å²) in [4.78, 5) is 17.9. The molecule has 5 heteroatoms. The molecule has 0 bridgehead atoms. The van der Waals surface area contributed by atoms with Crippen molar-refractivity contribution < 1.29 is 4.74 Å². The molecule has 0 saturated heterocycles. The fraction of sp³-hybridized carbons (Fsp3) is 0.0909. The van der Waals surface area contributed by atoms with Crippen molar-refractivity contribution in [2.75, 3.05) is 12.8 Å². The molecule has 0 fully saturated rings. The zero-order chi connectivity index (χ0) is 11.5. The first-order valence-electron chi connectivity index (χ1n) is 4.70. The molecule has 2 rings (SSSR count). The lowest BCUT2D eigenvalue weighted by molar-refractivity contribution is 0.415. The van der Waals surface area contributed by atoms with Gasteiger partial charge in [0.1, 0.15) is 17.4 Å². The molecule has 0 aliphatic carbocycles. The summed E-state index contributed by atoms with van der Waals surface area (Å²) in [7, 11) is 1.58. The number of methoxy groups -OCH3 is 1. The van der Waals surface area contributed by atoms with Crippen LogP contribution in [0.3, 0.4) is 0 Å². The van der Waals surface area contributed by atoms with E-state index in [-0.39, 0.29) is 11.4 Å². The summed E-state index contributed by atoms with van der Waals surface area (Å²) in [5.41, 5.74) is 5.99. The molecule has 0 radical (unpaired) electrons. The van der Waals surface area contributed by atoms with Crippen LogP contribution in [0.1, 0.15) is 0 Å². The summed E-state index contributed by atoms with van der Waals surface area (Å²) in [6.45, 7) is 0. The number of H-pyrrole nitrogens is 1. The highest BCUT2D eigenvalue weighted by Crippen LogP contribution is 2.20. The Morgan fingerprint density at radius 3 is 2.88 bits per heavy atom. The monoisotopic (exact) mass is 217 g/mol. The molecule has 82 valence electrons. The summed E-state index contributed by atoms with van der Waals surface area (Å²) in [6.07, 6.45) is 0. The summed E-state index contributed by atoms with van der Waals surface area (Å²) in [5.74, 6) is 1.33. The maximum Gasteiger partial charge on any atom is 0.253 e. The fourth-order valence-corrected chi connectivity index (χ4v) is 1.38. The first kappa shape index (κ1) is 10.2. The number of rotatable bonds is 2. The molecule has 0 spiro atoms. The van der Waals surface area contributed by atoms with Gasteiger partial charge in [0.2, 0.25) is 0 Å². The second-order valence-electron chi connectivity index (χ2n) is 3.25. The van der Waals surface area contributed by atoms with Crippen molar-refractivity contribution in [2.45, 2.75) is 0 Å². The van der Waals surface area contributed by atoms with Gasteiger partial charge in [0.25, 0.3) is 5.56 Å². The predicted molar refractivity (Wildman–Crippen MR) is 61.3 cm³/mol. The van der Waals surface area contributed by atoms with E-state index in [0.29, 0.717) is 11.6 Å². The van der Waals surface area contributed by atoms with E-state index in [1.54, 1.807) is 13.2 Å². The molecular weight excluding hydrogens is 206 g/mol. The lowest BCUT2D eigenvalue weighted by atomic mass is 10.2. The molecule has 0 aliphatic rings. The zero-order valence-corrected chi connectivity index (χ0v) is 8.73. The average molecular weight is 217 g/mol. The molecule has 0 unspecified atom stereocenters. The van der Waals surface area contributed by atoms with Gasteiger partial charge in [-0.05, 0) is 12.1 Å². The number of hydrogen-bond acceptors (Lipinski definition) is 4. The number of anilines is 1. The molecule has 1 heterocycles. The smallest absolute Gasteiger partial charge is 0.253 e. The number of nitrogens with zero attached hydrogens (tertiary/aromatic N) is 1. The number of aromatic nitrogens is 2. The van der Waals surface area contributed by atoms with Crippen LogP contribution in [0.5, 0.6) is 5.75 Å². The Balaban J connectivity index is 2.53. The number of benzene rings is 1. The van der Waals surface area contributed by atoms with E-state index in [1.807, 2.05) is 18.2 Å². The van der Waals surface area contributed by atoms with Crippen molar-refractivity contribution in [3.63, 3.8) is 0 Å². The maximum absolute atomic E-state index is 11.2. The topological polar surface area (TPSA) is 81.0 Å². The van der Waals surface area contributed by atoms with Crippen molar-refractivity contribution in [1.82, 2.24) is 9.97 Å². The predicted octanol–water partition coefficient (Wildman–Crippen LogP) is 1.03. The highest BCUT2D eigenvalue weighted by molar-refractivity contribution is 5.58. The highest BCUT2D eigenvalue weighted by atomic mass is 16.5. The Morgan fingerprint density at radius 2 is 2.19 bits per heavy atom. The Morgan fingerprint density at radius 1 is 1.38 bits per heavy atom. The van der Waals surface area contributed by atoms with Crippen LogP contribution in [0.4, 0.5) is 5.82 Å². The van der Waals surface area contributed by atoms with Crippen LogP contribution in [-0.4, -0.2) is 17.1 Å². The quantitative estimate of drug-likeness (QED) is 0.787. The summed E-state index contributed by atoms with van der Waals surface area (Å²) < 4.78 is 5.09. The first-order valence-corrected chi connectivity index (χ1v) is 4.70. The van der Waals surface area contributed by atoms with Crippen molar-refractivity contribution in [1.29, 1.82) is 0 Å². The van der Waals surface area contributed by atoms with Gasteiger partial charge in [0.15, 0.2) is 0 Å². The van der Waals surface area contributed by atoms with E-state index in [2.05, 4.69) is 9.97 Å². The highest BCUT2D eigenvalue weighted by Gasteiger charge is 2.03. The van der Waals surface area contributed by atoms with Crippen LogP contribution in [0.15, 0.2) is 35.1 Å². The largest absolute Gasteiger partial charge is 0.497 e. The Hall–Kier alpha value is -2.30. The van der Waals surface area contributed by atoms with Gasteiger partial charge in [-0.3, -0.25) is 4.79 Å². The molecule has 0 amide bonds. The lowest BCUT2D eigenvalue weighted by Gasteiger charge is -2.04. The molecule has 1 aromatic heterocycles. The Bertz CT molecular complexity index is 563. The van der Waals surface area contributed by atoms with Crippen LogP contribution < -0.4 is 16.0 Å². The number of aromatic amines is 1. The molecular formula is C11H11N3O2. The number of nitrogens with two attached hydrogens (primary N) is 1. The normalized spacial score (nSPS) is 10.1. The second kappa shape index (κ2) is 4.06. The third kappa shape index (κ3) is 2.03.